The number of hydrogen-bond donors (Lipinski definition) is 1. The van der Waals surface area contributed by atoms with Crippen LogP contribution in [-0.4, -0.2) is 41.6 Å². The highest BCUT2D eigenvalue weighted by Gasteiger charge is 2.20. The van der Waals surface area contributed by atoms with E-state index in [1.165, 1.54) is 4.90 Å². The Hall–Kier alpha value is -2.04. The van der Waals surface area contributed by atoms with Crippen LogP contribution in [0.3, 0.4) is 0 Å². The van der Waals surface area contributed by atoms with Crippen molar-refractivity contribution in [2.75, 3.05) is 13.7 Å². The van der Waals surface area contributed by atoms with E-state index in [9.17, 15) is 9.59 Å². The minimum atomic E-state index is -0.969. The summed E-state index contributed by atoms with van der Waals surface area (Å²) < 4.78 is 5.10. The van der Waals surface area contributed by atoms with E-state index >= 15 is 0 Å². The molecule has 0 fully saturated rings. The molecule has 122 valence electrons. The highest BCUT2D eigenvalue weighted by atomic mass is 16.5. The van der Waals surface area contributed by atoms with E-state index < -0.39 is 5.97 Å². The Labute approximate surface area is 131 Å². The Morgan fingerprint density at radius 1 is 1.27 bits per heavy atom. The molecule has 5 heteroatoms. The Kier molecular flexibility index (Phi) is 7.43. The van der Waals surface area contributed by atoms with E-state index in [2.05, 4.69) is 0 Å². The molecular formula is C17H25NO4. The molecule has 1 atom stereocenters. The second-order valence-electron chi connectivity index (χ2n) is 5.37. The van der Waals surface area contributed by atoms with Crippen LogP contribution in [0.15, 0.2) is 24.3 Å². The quantitative estimate of drug-likeness (QED) is 0.762. The van der Waals surface area contributed by atoms with Crippen molar-refractivity contribution < 1.29 is 19.4 Å². The van der Waals surface area contributed by atoms with E-state index in [0.717, 1.165) is 24.2 Å². The number of carboxylic acid groups (broad SMARTS) is 1. The number of aliphatic carboxylic acids is 1. The fourth-order valence-electron chi connectivity index (χ4n) is 2.24. The fraction of sp³-hybridized carbons (Fsp3) is 0.529. The number of amides is 1. The third-order valence-electron chi connectivity index (χ3n) is 3.76. The van der Waals surface area contributed by atoms with Gasteiger partial charge in [-0.25, -0.2) is 0 Å². The van der Waals surface area contributed by atoms with E-state index in [-0.39, 0.29) is 18.5 Å². The molecule has 0 aliphatic carbocycles. The molecular weight excluding hydrogens is 282 g/mol. The maximum Gasteiger partial charge on any atom is 0.323 e. The van der Waals surface area contributed by atoms with Crippen LogP contribution >= 0.6 is 0 Å². The van der Waals surface area contributed by atoms with Gasteiger partial charge in [0.2, 0.25) is 5.91 Å². The van der Waals surface area contributed by atoms with Gasteiger partial charge in [-0.2, -0.15) is 0 Å². The molecule has 0 aromatic heterocycles. The predicted molar refractivity (Wildman–Crippen MR) is 85.0 cm³/mol. The second kappa shape index (κ2) is 9.07. The SMILES string of the molecule is CCC(C)N(CC(=O)O)C(=O)CCCc1ccc(OC)cc1. The molecule has 1 aromatic carbocycles. The van der Waals surface area contributed by atoms with Crippen LogP contribution in [0.5, 0.6) is 5.75 Å². The molecule has 1 aromatic rings. The zero-order valence-electron chi connectivity index (χ0n) is 13.5. The van der Waals surface area contributed by atoms with Crippen LogP contribution in [0.25, 0.3) is 0 Å². The van der Waals surface area contributed by atoms with Gasteiger partial charge in [-0.1, -0.05) is 19.1 Å². The molecule has 0 aliphatic rings. The minimum absolute atomic E-state index is 0.0513. The van der Waals surface area contributed by atoms with Gasteiger partial charge in [-0.05, 0) is 43.9 Å². The summed E-state index contributed by atoms with van der Waals surface area (Å²) in [4.78, 5) is 24.6. The molecule has 0 saturated carbocycles. The lowest BCUT2D eigenvalue weighted by Gasteiger charge is -2.27. The summed E-state index contributed by atoms with van der Waals surface area (Å²) in [6.45, 7) is 3.60. The van der Waals surface area contributed by atoms with E-state index in [1.807, 2.05) is 38.1 Å². The highest BCUT2D eigenvalue weighted by molar-refractivity contribution is 5.81. The largest absolute Gasteiger partial charge is 0.497 e. The van der Waals surface area contributed by atoms with Crippen molar-refractivity contribution in [3.63, 3.8) is 0 Å². The van der Waals surface area contributed by atoms with Gasteiger partial charge in [-0.3, -0.25) is 9.59 Å². The van der Waals surface area contributed by atoms with Crippen molar-refractivity contribution in [1.82, 2.24) is 4.90 Å². The summed E-state index contributed by atoms with van der Waals surface area (Å²) in [6, 6.07) is 7.70. The van der Waals surface area contributed by atoms with E-state index in [4.69, 9.17) is 9.84 Å². The lowest BCUT2D eigenvalue weighted by atomic mass is 10.1. The van der Waals surface area contributed by atoms with Crippen LogP contribution in [0.1, 0.15) is 38.7 Å². The number of rotatable bonds is 9. The van der Waals surface area contributed by atoms with Crippen molar-refractivity contribution in [3.05, 3.63) is 29.8 Å². The molecule has 0 aliphatic heterocycles. The first kappa shape index (κ1) is 18.0. The number of methoxy groups -OCH3 is 1. The number of ether oxygens (including phenoxy) is 1. The maximum atomic E-state index is 12.2. The molecule has 5 nitrogen and oxygen atoms in total. The third kappa shape index (κ3) is 5.76. The molecule has 1 amide bonds. The maximum absolute atomic E-state index is 12.2. The van der Waals surface area contributed by atoms with Crippen molar-refractivity contribution in [2.24, 2.45) is 0 Å². The lowest BCUT2D eigenvalue weighted by Crippen LogP contribution is -2.41. The number of carboxylic acids is 1. The van der Waals surface area contributed by atoms with Crippen LogP contribution in [0, 0.1) is 0 Å². The van der Waals surface area contributed by atoms with Gasteiger partial charge in [0, 0.05) is 12.5 Å². The fourth-order valence-corrected chi connectivity index (χ4v) is 2.24. The summed E-state index contributed by atoms with van der Waals surface area (Å²) in [5.74, 6) is -0.252. The van der Waals surface area contributed by atoms with Gasteiger partial charge in [-0.15, -0.1) is 0 Å². The normalized spacial score (nSPS) is 11.8. The minimum Gasteiger partial charge on any atom is -0.497 e. The average Bonchev–Trinajstić information content (AvgIpc) is 2.52. The highest BCUT2D eigenvalue weighted by Crippen LogP contribution is 2.14. The number of carbonyl (C=O) groups is 2. The second-order valence-corrected chi connectivity index (χ2v) is 5.37. The number of aryl methyl sites for hydroxylation is 1. The molecule has 22 heavy (non-hydrogen) atoms. The molecule has 1 rings (SSSR count). The summed E-state index contributed by atoms with van der Waals surface area (Å²) >= 11 is 0. The topological polar surface area (TPSA) is 66.8 Å². The van der Waals surface area contributed by atoms with Crippen LogP contribution in [0.4, 0.5) is 0 Å². The van der Waals surface area contributed by atoms with Gasteiger partial charge in [0.05, 0.1) is 7.11 Å². The van der Waals surface area contributed by atoms with Crippen LogP contribution in [0.2, 0.25) is 0 Å². The molecule has 1 unspecified atom stereocenters. The van der Waals surface area contributed by atoms with Gasteiger partial charge < -0.3 is 14.7 Å². The van der Waals surface area contributed by atoms with E-state index in [0.29, 0.717) is 12.8 Å². The van der Waals surface area contributed by atoms with E-state index in [1.54, 1.807) is 7.11 Å². The first-order valence-electron chi connectivity index (χ1n) is 7.62. The van der Waals surface area contributed by atoms with Crippen molar-refractivity contribution in [2.45, 2.75) is 45.6 Å². The summed E-state index contributed by atoms with van der Waals surface area (Å²) in [6.07, 6.45) is 2.61. The Balaban J connectivity index is 2.49. The van der Waals surface area contributed by atoms with Crippen molar-refractivity contribution in [3.8, 4) is 5.75 Å². The lowest BCUT2D eigenvalue weighted by molar-refractivity contribution is -0.146. The standard InChI is InChI=1S/C17H25NO4/c1-4-13(2)18(12-17(20)21)16(19)7-5-6-14-8-10-15(22-3)11-9-14/h8-11,13H,4-7,12H2,1-3H3,(H,20,21). The zero-order chi connectivity index (χ0) is 16.5. The zero-order valence-corrected chi connectivity index (χ0v) is 13.5. The first-order valence-corrected chi connectivity index (χ1v) is 7.62. The summed E-state index contributed by atoms with van der Waals surface area (Å²) in [7, 11) is 1.62. The number of nitrogens with zero attached hydrogens (tertiary/aromatic N) is 1. The van der Waals surface area contributed by atoms with Gasteiger partial charge in [0.15, 0.2) is 0 Å². The summed E-state index contributed by atoms with van der Waals surface area (Å²) in [5.41, 5.74) is 1.14. The van der Waals surface area contributed by atoms with Crippen LogP contribution < -0.4 is 4.74 Å². The number of benzene rings is 1. The smallest absolute Gasteiger partial charge is 0.323 e. The molecule has 0 bridgehead atoms. The predicted octanol–water partition coefficient (Wildman–Crippen LogP) is 2.73. The monoisotopic (exact) mass is 307 g/mol. The molecule has 0 heterocycles. The molecule has 1 N–H and O–H groups in total. The Morgan fingerprint density at radius 3 is 2.41 bits per heavy atom. The average molecular weight is 307 g/mol. The van der Waals surface area contributed by atoms with Gasteiger partial charge in [0.1, 0.15) is 12.3 Å². The van der Waals surface area contributed by atoms with Gasteiger partial charge >= 0.3 is 5.97 Å². The Bertz CT molecular complexity index is 484. The third-order valence-corrected chi connectivity index (χ3v) is 3.76. The van der Waals surface area contributed by atoms with Gasteiger partial charge in [0.25, 0.3) is 0 Å². The Morgan fingerprint density at radius 2 is 1.91 bits per heavy atom. The number of carbonyl (C=O) groups excluding carboxylic acids is 1. The first-order chi connectivity index (χ1) is 10.5. The van der Waals surface area contributed by atoms with Crippen LogP contribution in [-0.2, 0) is 16.0 Å². The van der Waals surface area contributed by atoms with Crippen molar-refractivity contribution in [1.29, 1.82) is 0 Å². The molecule has 0 saturated heterocycles. The molecule has 0 radical (unpaired) electrons. The van der Waals surface area contributed by atoms with Crippen molar-refractivity contribution >= 4 is 11.9 Å². The number of hydrogen-bond acceptors (Lipinski definition) is 3. The summed E-state index contributed by atoms with van der Waals surface area (Å²) in [5, 5.41) is 8.92. The molecule has 0 spiro atoms.